The van der Waals surface area contributed by atoms with Gasteiger partial charge in [-0.15, -0.1) is 0 Å². The maximum atomic E-state index is 13.0. The number of ether oxygens (including phenoxy) is 1. The Morgan fingerprint density at radius 2 is 1.39 bits per heavy atom. The molecule has 4 aromatic rings. The fourth-order valence-corrected chi connectivity index (χ4v) is 6.04. The molecule has 2 aliphatic heterocycles. The van der Waals surface area contributed by atoms with Crippen molar-refractivity contribution in [1.29, 1.82) is 0 Å². The first-order chi connectivity index (χ1) is 21.9. The first kappa shape index (κ1) is 31.8. The number of amides is 1. The van der Waals surface area contributed by atoms with E-state index in [9.17, 15) is 31.1 Å². The van der Waals surface area contributed by atoms with Crippen LogP contribution in [0.25, 0.3) is 11.0 Å². The highest BCUT2D eigenvalue weighted by Gasteiger charge is 2.31. The monoisotopic (exact) mass is 645 g/mol. The molecule has 1 N–H and O–H groups in total. The number of alkyl halides is 6. The smallest absolute Gasteiger partial charge is 0.416 e. The van der Waals surface area contributed by atoms with Crippen LogP contribution in [0.1, 0.15) is 52.9 Å². The average Bonchev–Trinajstić information content (AvgIpc) is 3.46. The number of piperidine rings is 2. The zero-order chi connectivity index (χ0) is 32.5. The molecule has 0 unspecified atom stereocenters. The van der Waals surface area contributed by atoms with E-state index in [1.54, 1.807) is 18.2 Å². The number of hydrogen-bond acceptors (Lipinski definition) is 5. The summed E-state index contributed by atoms with van der Waals surface area (Å²) in [4.78, 5) is 17.2. The molecular formula is C34H33F6N3O3. The van der Waals surface area contributed by atoms with E-state index >= 15 is 0 Å². The lowest BCUT2D eigenvalue weighted by Gasteiger charge is -2.33. The molecule has 3 aromatic carbocycles. The number of likely N-dealkylation sites (tertiary alicyclic amines) is 1. The van der Waals surface area contributed by atoms with E-state index in [4.69, 9.17) is 9.15 Å². The van der Waals surface area contributed by atoms with Crippen LogP contribution >= 0.6 is 0 Å². The molecule has 3 heterocycles. The summed E-state index contributed by atoms with van der Waals surface area (Å²) in [5.74, 6) is 0.535. The summed E-state index contributed by atoms with van der Waals surface area (Å²) in [6.45, 7) is 3.27. The van der Waals surface area contributed by atoms with E-state index in [0.717, 1.165) is 40.9 Å². The summed E-state index contributed by atoms with van der Waals surface area (Å²) in [6, 6.07) is 17.4. The van der Waals surface area contributed by atoms with Crippen molar-refractivity contribution in [3.63, 3.8) is 0 Å². The number of nitrogens with one attached hydrogen (secondary N) is 1. The second kappa shape index (κ2) is 12.9. The zero-order valence-corrected chi connectivity index (χ0v) is 24.8. The topological polar surface area (TPSA) is 58.0 Å². The number of rotatable bonds is 7. The maximum Gasteiger partial charge on any atom is 0.416 e. The third-order valence-corrected chi connectivity index (χ3v) is 8.63. The normalized spacial score (nSPS) is 17.4. The molecule has 2 fully saturated rings. The van der Waals surface area contributed by atoms with Crippen LogP contribution in [0.5, 0.6) is 5.75 Å². The first-order valence-electron chi connectivity index (χ1n) is 15.2. The first-order valence-corrected chi connectivity index (χ1v) is 15.2. The SMILES string of the molecule is O=C(NC1CCN(Cc2ccc(C(F)(F)F)cc2)CC1)c1cc2cc(OC3CCN(c4ccc(C(F)(F)F)cc4)CC3)ccc2o1. The van der Waals surface area contributed by atoms with Gasteiger partial charge in [-0.25, -0.2) is 0 Å². The Labute approximate surface area is 261 Å². The summed E-state index contributed by atoms with van der Waals surface area (Å²) >= 11 is 0. The largest absolute Gasteiger partial charge is 0.490 e. The van der Waals surface area contributed by atoms with Crippen molar-refractivity contribution in [2.45, 2.75) is 56.7 Å². The Morgan fingerprint density at radius 3 is 2.00 bits per heavy atom. The minimum Gasteiger partial charge on any atom is -0.490 e. The van der Waals surface area contributed by atoms with E-state index in [-0.39, 0.29) is 23.8 Å². The Kier molecular flexibility index (Phi) is 8.91. The molecule has 0 atom stereocenters. The molecule has 1 aromatic heterocycles. The second-order valence-electron chi connectivity index (χ2n) is 11.9. The summed E-state index contributed by atoms with van der Waals surface area (Å²) in [5, 5.41) is 3.77. The predicted octanol–water partition coefficient (Wildman–Crippen LogP) is 7.91. The van der Waals surface area contributed by atoms with Gasteiger partial charge in [-0.2, -0.15) is 26.3 Å². The Bertz CT molecular complexity index is 1630. The van der Waals surface area contributed by atoms with Gasteiger partial charge in [0.2, 0.25) is 0 Å². The van der Waals surface area contributed by atoms with Crippen LogP contribution in [0.2, 0.25) is 0 Å². The number of benzene rings is 3. The fourth-order valence-electron chi connectivity index (χ4n) is 6.04. The number of anilines is 1. The molecule has 244 valence electrons. The maximum absolute atomic E-state index is 13.0. The van der Waals surface area contributed by atoms with Gasteiger partial charge in [0.15, 0.2) is 5.76 Å². The predicted molar refractivity (Wildman–Crippen MR) is 161 cm³/mol. The molecule has 0 aliphatic carbocycles. The van der Waals surface area contributed by atoms with Crippen LogP contribution < -0.4 is 15.0 Å². The van der Waals surface area contributed by atoms with Gasteiger partial charge >= 0.3 is 12.4 Å². The van der Waals surface area contributed by atoms with Crippen molar-refractivity contribution in [2.24, 2.45) is 0 Å². The van der Waals surface area contributed by atoms with Gasteiger partial charge in [-0.3, -0.25) is 9.69 Å². The van der Waals surface area contributed by atoms with Crippen molar-refractivity contribution in [3.8, 4) is 5.75 Å². The van der Waals surface area contributed by atoms with Gasteiger partial charge in [0.25, 0.3) is 5.91 Å². The van der Waals surface area contributed by atoms with Crippen LogP contribution in [-0.2, 0) is 18.9 Å². The van der Waals surface area contributed by atoms with E-state index in [1.165, 1.54) is 24.3 Å². The zero-order valence-electron chi connectivity index (χ0n) is 24.8. The van der Waals surface area contributed by atoms with Crippen molar-refractivity contribution in [3.05, 3.63) is 95.2 Å². The van der Waals surface area contributed by atoms with Crippen LogP contribution in [0, 0.1) is 0 Å². The molecular weight excluding hydrogens is 612 g/mol. The number of halogens is 6. The van der Waals surface area contributed by atoms with Crippen molar-refractivity contribution in [2.75, 3.05) is 31.1 Å². The minimum absolute atomic E-state index is 0.0445. The summed E-state index contributed by atoms with van der Waals surface area (Å²) < 4.78 is 89.1. The van der Waals surface area contributed by atoms with Gasteiger partial charge < -0.3 is 19.4 Å². The quantitative estimate of drug-likeness (QED) is 0.207. The molecule has 2 saturated heterocycles. The highest BCUT2D eigenvalue weighted by molar-refractivity contribution is 5.96. The molecule has 46 heavy (non-hydrogen) atoms. The second-order valence-corrected chi connectivity index (χ2v) is 11.9. The van der Waals surface area contributed by atoms with Crippen molar-refractivity contribution in [1.82, 2.24) is 10.2 Å². The van der Waals surface area contributed by atoms with Gasteiger partial charge in [0.05, 0.1) is 11.1 Å². The third-order valence-electron chi connectivity index (χ3n) is 8.63. The Balaban J connectivity index is 0.969. The Hall–Kier alpha value is -4.19. The summed E-state index contributed by atoms with van der Waals surface area (Å²) in [5.41, 5.74) is 0.791. The molecule has 0 radical (unpaired) electrons. The molecule has 0 spiro atoms. The van der Waals surface area contributed by atoms with Gasteiger partial charge in [-0.05, 0) is 79.1 Å². The van der Waals surface area contributed by atoms with Crippen LogP contribution in [0.15, 0.2) is 77.2 Å². The van der Waals surface area contributed by atoms with E-state index in [2.05, 4.69) is 10.2 Å². The highest BCUT2D eigenvalue weighted by Crippen LogP contribution is 2.32. The number of nitrogens with zero attached hydrogens (tertiary/aromatic N) is 2. The highest BCUT2D eigenvalue weighted by atomic mass is 19.4. The lowest BCUT2D eigenvalue weighted by atomic mass is 10.0. The number of carbonyl (C=O) groups is 1. The standard InChI is InChI=1S/C34H33F6N3O3/c35-33(36,37)24-3-1-22(2-4-24)21-42-15-11-26(12-16-42)41-32(44)31-20-23-19-29(9-10-30(23)46-31)45-28-13-17-43(18-14-28)27-7-5-25(6-8-27)34(38,39)40/h1-10,19-20,26,28H,11-18,21H2,(H,41,44). The van der Waals surface area contributed by atoms with E-state index < -0.39 is 23.5 Å². The summed E-state index contributed by atoms with van der Waals surface area (Å²) in [6.07, 6.45) is -5.92. The number of fused-ring (bicyclic) bond motifs is 1. The molecule has 12 heteroatoms. The van der Waals surface area contributed by atoms with E-state index in [0.29, 0.717) is 69.7 Å². The number of hydrogen-bond donors (Lipinski definition) is 1. The minimum atomic E-state index is -4.36. The molecule has 0 saturated carbocycles. The lowest BCUT2D eigenvalue weighted by molar-refractivity contribution is -0.138. The molecule has 1 amide bonds. The molecule has 6 rings (SSSR count). The molecule has 0 bridgehead atoms. The number of carbonyl (C=O) groups excluding carboxylic acids is 1. The fraction of sp³-hybridized carbons (Fsp3) is 0.382. The Morgan fingerprint density at radius 1 is 0.783 bits per heavy atom. The average molecular weight is 646 g/mol. The summed E-state index contributed by atoms with van der Waals surface area (Å²) in [7, 11) is 0. The van der Waals surface area contributed by atoms with Gasteiger partial charge in [0, 0.05) is 62.7 Å². The van der Waals surface area contributed by atoms with Crippen molar-refractivity contribution < 1.29 is 40.3 Å². The van der Waals surface area contributed by atoms with Crippen LogP contribution in [-0.4, -0.2) is 49.1 Å². The van der Waals surface area contributed by atoms with Crippen LogP contribution in [0.3, 0.4) is 0 Å². The third kappa shape index (κ3) is 7.60. The molecule has 2 aliphatic rings. The number of furan rings is 1. The van der Waals surface area contributed by atoms with E-state index in [1.807, 2.05) is 11.0 Å². The van der Waals surface area contributed by atoms with Gasteiger partial charge in [0.1, 0.15) is 17.4 Å². The molecule has 6 nitrogen and oxygen atoms in total. The van der Waals surface area contributed by atoms with Crippen LogP contribution in [0.4, 0.5) is 32.0 Å². The van der Waals surface area contributed by atoms with Crippen molar-refractivity contribution >= 4 is 22.6 Å². The van der Waals surface area contributed by atoms with Gasteiger partial charge in [-0.1, -0.05) is 12.1 Å². The lowest BCUT2D eigenvalue weighted by Crippen LogP contribution is -2.44.